The summed E-state index contributed by atoms with van der Waals surface area (Å²) in [6.07, 6.45) is 6.38. The van der Waals surface area contributed by atoms with Crippen molar-refractivity contribution in [1.29, 1.82) is 0 Å². The fourth-order valence-electron chi connectivity index (χ4n) is 5.03. The van der Waals surface area contributed by atoms with E-state index < -0.39 is 0 Å². The van der Waals surface area contributed by atoms with Gasteiger partial charge in [-0.25, -0.2) is 0 Å². The molecular formula is C18H34BNO. The molecule has 0 aromatic rings. The second kappa shape index (κ2) is 6.62. The molecule has 1 saturated carbocycles. The molecule has 120 valence electrons. The standard InChI is InChI=1S/C16H28BNO.C2H6/c1-12-7-13-8-15(2,17)6-4-5-14(13)16(10-19-11-16)18(3)9-12;1-2/h12-14H,4-11H2,1-3H3;1-2H3. The molecule has 3 aliphatic rings. The summed E-state index contributed by atoms with van der Waals surface area (Å²) in [5.74, 6) is 2.37. The highest BCUT2D eigenvalue weighted by molar-refractivity contribution is 6.14. The Morgan fingerprint density at radius 2 is 1.90 bits per heavy atom. The molecule has 3 heteroatoms. The van der Waals surface area contributed by atoms with E-state index in [4.69, 9.17) is 12.6 Å². The molecule has 0 N–H and O–H groups in total. The molecule has 2 nitrogen and oxygen atoms in total. The summed E-state index contributed by atoms with van der Waals surface area (Å²) in [6, 6.07) is 0. The second-order valence-corrected chi connectivity index (χ2v) is 7.93. The van der Waals surface area contributed by atoms with Crippen molar-refractivity contribution < 1.29 is 4.74 Å². The van der Waals surface area contributed by atoms with Crippen molar-refractivity contribution in [3.8, 4) is 0 Å². The Balaban J connectivity index is 0.000000774. The Labute approximate surface area is 133 Å². The zero-order valence-electron chi connectivity index (χ0n) is 14.8. The Morgan fingerprint density at radius 1 is 1.24 bits per heavy atom. The van der Waals surface area contributed by atoms with Crippen molar-refractivity contribution >= 4 is 7.85 Å². The van der Waals surface area contributed by atoms with Crippen LogP contribution in [0.4, 0.5) is 0 Å². The molecule has 0 aromatic carbocycles. The molecule has 4 unspecified atom stereocenters. The number of hydrogen-bond donors (Lipinski definition) is 0. The highest BCUT2D eigenvalue weighted by atomic mass is 16.5. The van der Waals surface area contributed by atoms with Gasteiger partial charge in [0.1, 0.15) is 0 Å². The van der Waals surface area contributed by atoms with Gasteiger partial charge in [-0.1, -0.05) is 52.3 Å². The molecule has 0 aromatic heterocycles. The quantitative estimate of drug-likeness (QED) is 0.627. The van der Waals surface area contributed by atoms with Crippen molar-refractivity contribution in [1.82, 2.24) is 4.90 Å². The third-order valence-electron chi connectivity index (χ3n) is 6.01. The summed E-state index contributed by atoms with van der Waals surface area (Å²) in [5.41, 5.74) is 0.329. The van der Waals surface area contributed by atoms with Crippen LogP contribution in [0.5, 0.6) is 0 Å². The van der Waals surface area contributed by atoms with E-state index in [-0.39, 0.29) is 5.31 Å². The maximum atomic E-state index is 6.52. The summed E-state index contributed by atoms with van der Waals surface area (Å²) in [4.78, 5) is 2.62. The van der Waals surface area contributed by atoms with Crippen molar-refractivity contribution in [2.45, 2.75) is 70.7 Å². The van der Waals surface area contributed by atoms with Crippen LogP contribution in [-0.4, -0.2) is 45.1 Å². The minimum Gasteiger partial charge on any atom is -0.377 e. The number of ether oxygens (including phenoxy) is 1. The maximum Gasteiger partial charge on any atom is 0.0742 e. The van der Waals surface area contributed by atoms with Gasteiger partial charge < -0.3 is 4.74 Å². The molecule has 2 saturated heterocycles. The van der Waals surface area contributed by atoms with Crippen LogP contribution in [0.2, 0.25) is 5.31 Å². The molecule has 21 heavy (non-hydrogen) atoms. The number of likely N-dealkylation sites (tertiary alicyclic amines) is 1. The summed E-state index contributed by atoms with van der Waals surface area (Å²) in [5, 5.41) is 0.0494. The van der Waals surface area contributed by atoms with E-state index in [0.717, 1.165) is 31.0 Å². The molecule has 3 rings (SSSR count). The van der Waals surface area contributed by atoms with Crippen molar-refractivity contribution in [3.63, 3.8) is 0 Å². The number of rotatable bonds is 0. The lowest BCUT2D eigenvalue weighted by Crippen LogP contribution is -2.65. The van der Waals surface area contributed by atoms with Gasteiger partial charge in [0.25, 0.3) is 0 Å². The van der Waals surface area contributed by atoms with Gasteiger partial charge in [0.05, 0.1) is 26.6 Å². The van der Waals surface area contributed by atoms with Crippen LogP contribution in [-0.2, 0) is 4.74 Å². The molecule has 1 aliphatic carbocycles. The maximum absolute atomic E-state index is 6.52. The molecule has 0 amide bonds. The van der Waals surface area contributed by atoms with E-state index in [1.165, 1.54) is 38.6 Å². The fraction of sp³-hybridized carbons (Fsp3) is 1.00. The first kappa shape index (κ1) is 17.3. The Hall–Kier alpha value is -0.0151. The number of nitrogens with zero attached hydrogens (tertiary/aromatic N) is 1. The molecule has 1 spiro atoms. The summed E-state index contributed by atoms with van der Waals surface area (Å²) in [7, 11) is 8.83. The molecule has 2 aliphatic heterocycles. The fourth-order valence-corrected chi connectivity index (χ4v) is 5.03. The zero-order chi connectivity index (χ0) is 15.7. The van der Waals surface area contributed by atoms with Crippen LogP contribution in [0.25, 0.3) is 0 Å². The smallest absolute Gasteiger partial charge is 0.0742 e. The third-order valence-corrected chi connectivity index (χ3v) is 6.01. The minimum atomic E-state index is 0.0494. The SMILES string of the molecule is CC.[B]C1(C)CCCC2C(CC(C)CN(C)C23COC3)C1. The normalized spacial score (nSPS) is 42.8. The lowest BCUT2D eigenvalue weighted by molar-refractivity contribution is -0.167. The molecular weight excluding hydrogens is 257 g/mol. The Morgan fingerprint density at radius 3 is 2.48 bits per heavy atom. The van der Waals surface area contributed by atoms with Crippen LogP contribution in [0, 0.1) is 17.8 Å². The van der Waals surface area contributed by atoms with E-state index >= 15 is 0 Å². The molecule has 2 heterocycles. The van der Waals surface area contributed by atoms with E-state index in [9.17, 15) is 0 Å². The first-order valence-electron chi connectivity index (χ1n) is 9.01. The summed E-state index contributed by atoms with van der Waals surface area (Å²) in [6.45, 7) is 11.8. The Bertz CT molecular complexity index is 340. The largest absolute Gasteiger partial charge is 0.377 e. The lowest BCUT2D eigenvalue weighted by Gasteiger charge is -2.53. The average molecular weight is 291 g/mol. The van der Waals surface area contributed by atoms with Crippen molar-refractivity contribution in [3.05, 3.63) is 0 Å². The number of hydrogen-bond acceptors (Lipinski definition) is 2. The van der Waals surface area contributed by atoms with Crippen LogP contribution < -0.4 is 0 Å². The topological polar surface area (TPSA) is 12.5 Å². The number of likely N-dealkylation sites (N-methyl/N-ethyl adjacent to an activating group) is 1. The van der Waals surface area contributed by atoms with Gasteiger partial charge in [-0.2, -0.15) is 0 Å². The van der Waals surface area contributed by atoms with Crippen LogP contribution in [0.1, 0.15) is 59.8 Å². The van der Waals surface area contributed by atoms with E-state index in [1.807, 2.05) is 13.8 Å². The van der Waals surface area contributed by atoms with Crippen molar-refractivity contribution in [2.24, 2.45) is 17.8 Å². The van der Waals surface area contributed by atoms with E-state index in [1.54, 1.807) is 0 Å². The van der Waals surface area contributed by atoms with Gasteiger partial charge in [0, 0.05) is 6.54 Å². The molecule has 2 radical (unpaired) electrons. The lowest BCUT2D eigenvalue weighted by atomic mass is 9.61. The van der Waals surface area contributed by atoms with E-state index in [0.29, 0.717) is 5.54 Å². The zero-order valence-corrected chi connectivity index (χ0v) is 14.8. The van der Waals surface area contributed by atoms with Gasteiger partial charge in [-0.05, 0) is 37.6 Å². The van der Waals surface area contributed by atoms with Crippen LogP contribution in [0.15, 0.2) is 0 Å². The second-order valence-electron chi connectivity index (χ2n) is 7.93. The minimum absolute atomic E-state index is 0.0494. The Kier molecular flexibility index (Phi) is 5.47. The molecule has 0 bridgehead atoms. The summed E-state index contributed by atoms with van der Waals surface area (Å²) >= 11 is 0. The highest BCUT2D eigenvalue weighted by Crippen LogP contribution is 2.52. The van der Waals surface area contributed by atoms with Gasteiger partial charge >= 0.3 is 0 Å². The van der Waals surface area contributed by atoms with Gasteiger partial charge in [0.2, 0.25) is 0 Å². The third kappa shape index (κ3) is 3.34. The molecule has 4 atom stereocenters. The number of fused-ring (bicyclic) bond motifs is 2. The van der Waals surface area contributed by atoms with Crippen LogP contribution >= 0.6 is 0 Å². The first-order valence-corrected chi connectivity index (χ1v) is 9.01. The van der Waals surface area contributed by atoms with Gasteiger partial charge in [-0.15, -0.1) is 0 Å². The predicted octanol–water partition coefficient (Wildman–Crippen LogP) is 3.91. The van der Waals surface area contributed by atoms with Crippen LogP contribution in [0.3, 0.4) is 0 Å². The monoisotopic (exact) mass is 291 g/mol. The highest BCUT2D eigenvalue weighted by Gasteiger charge is 2.54. The molecule has 3 fully saturated rings. The van der Waals surface area contributed by atoms with E-state index in [2.05, 4.69) is 25.8 Å². The first-order chi connectivity index (χ1) is 9.93. The van der Waals surface area contributed by atoms with Gasteiger partial charge in [-0.3, -0.25) is 4.90 Å². The predicted molar refractivity (Wildman–Crippen MR) is 90.9 cm³/mol. The van der Waals surface area contributed by atoms with Gasteiger partial charge in [0.15, 0.2) is 0 Å². The average Bonchev–Trinajstić information content (AvgIpc) is 2.55. The summed E-state index contributed by atoms with van der Waals surface area (Å²) < 4.78 is 5.65. The van der Waals surface area contributed by atoms with Crippen molar-refractivity contribution in [2.75, 3.05) is 26.8 Å².